The van der Waals surface area contributed by atoms with Crippen molar-refractivity contribution in [2.45, 2.75) is 0 Å². The van der Waals surface area contributed by atoms with Gasteiger partial charge in [0.2, 0.25) is 0 Å². The fourth-order valence-electron chi connectivity index (χ4n) is 1.57. The molecule has 0 atom stereocenters. The minimum Gasteiger partial charge on any atom is -0.482 e. The van der Waals surface area contributed by atoms with Gasteiger partial charge in [-0.25, -0.2) is 9.18 Å². The number of ether oxygens (including phenoxy) is 1. The van der Waals surface area contributed by atoms with Crippen molar-refractivity contribution in [3.05, 3.63) is 54.1 Å². The highest BCUT2D eigenvalue weighted by Crippen LogP contribution is 2.18. The number of carboxylic acids is 1. The van der Waals surface area contributed by atoms with Crippen molar-refractivity contribution >= 4 is 17.6 Å². The van der Waals surface area contributed by atoms with Gasteiger partial charge in [0, 0.05) is 18.0 Å². The average molecular weight is 290 g/mol. The molecule has 6 nitrogen and oxygen atoms in total. The van der Waals surface area contributed by atoms with Crippen molar-refractivity contribution in [2.24, 2.45) is 0 Å². The number of nitrogens with zero attached hydrogens (tertiary/aromatic N) is 1. The molecule has 0 saturated carbocycles. The quantitative estimate of drug-likeness (QED) is 0.878. The molecule has 1 heterocycles. The first kappa shape index (κ1) is 14.4. The molecule has 7 heteroatoms. The van der Waals surface area contributed by atoms with E-state index in [0.717, 1.165) is 6.20 Å². The molecule has 1 aromatic heterocycles. The lowest BCUT2D eigenvalue weighted by Crippen LogP contribution is -2.14. The van der Waals surface area contributed by atoms with E-state index in [1.807, 2.05) is 0 Å². The van der Waals surface area contributed by atoms with E-state index in [1.165, 1.54) is 18.3 Å². The lowest BCUT2D eigenvalue weighted by atomic mass is 10.2. The predicted octanol–water partition coefficient (Wildman–Crippen LogP) is 1.94. The zero-order valence-corrected chi connectivity index (χ0v) is 10.7. The van der Waals surface area contributed by atoms with Gasteiger partial charge in [0.05, 0.1) is 11.8 Å². The number of halogens is 1. The summed E-state index contributed by atoms with van der Waals surface area (Å²) in [6.45, 7) is -0.490. The van der Waals surface area contributed by atoms with E-state index in [-0.39, 0.29) is 11.3 Å². The Kier molecular flexibility index (Phi) is 4.45. The normalized spacial score (nSPS) is 9.95. The van der Waals surface area contributed by atoms with Crippen LogP contribution in [0.15, 0.2) is 42.7 Å². The number of carboxylic acid groups (broad SMARTS) is 1. The Hall–Kier alpha value is -2.96. The summed E-state index contributed by atoms with van der Waals surface area (Å²) in [5.41, 5.74) is 0.223. The summed E-state index contributed by atoms with van der Waals surface area (Å²) in [7, 11) is 0. The van der Waals surface area contributed by atoms with Crippen LogP contribution >= 0.6 is 0 Å². The highest BCUT2D eigenvalue weighted by molar-refractivity contribution is 6.04. The van der Waals surface area contributed by atoms with E-state index in [2.05, 4.69) is 10.3 Å². The number of carbonyl (C=O) groups excluding carboxylic acids is 1. The van der Waals surface area contributed by atoms with Crippen LogP contribution in [0.3, 0.4) is 0 Å². The number of hydrogen-bond acceptors (Lipinski definition) is 4. The van der Waals surface area contributed by atoms with Gasteiger partial charge in [-0.2, -0.15) is 0 Å². The minimum atomic E-state index is -1.11. The Morgan fingerprint density at radius 3 is 2.86 bits per heavy atom. The van der Waals surface area contributed by atoms with E-state index < -0.39 is 24.3 Å². The molecule has 2 N–H and O–H groups in total. The lowest BCUT2D eigenvalue weighted by molar-refractivity contribution is -0.139. The number of pyridine rings is 1. The summed E-state index contributed by atoms with van der Waals surface area (Å²) in [4.78, 5) is 25.9. The van der Waals surface area contributed by atoms with Crippen LogP contribution in [0.1, 0.15) is 10.4 Å². The van der Waals surface area contributed by atoms with Crippen molar-refractivity contribution in [1.29, 1.82) is 0 Å². The number of benzene rings is 1. The van der Waals surface area contributed by atoms with Gasteiger partial charge in [-0.15, -0.1) is 0 Å². The van der Waals surface area contributed by atoms with Crippen molar-refractivity contribution in [3.8, 4) is 5.75 Å². The SMILES string of the molecule is O=C(O)COc1cccc(NC(=O)c2ccncc2F)c1. The van der Waals surface area contributed by atoms with E-state index >= 15 is 0 Å². The van der Waals surface area contributed by atoms with E-state index in [9.17, 15) is 14.0 Å². The Morgan fingerprint density at radius 1 is 1.33 bits per heavy atom. The third-order valence-corrected chi connectivity index (χ3v) is 2.47. The molecule has 0 spiro atoms. The molecule has 0 radical (unpaired) electrons. The first-order valence-electron chi connectivity index (χ1n) is 5.92. The number of carbonyl (C=O) groups is 2. The highest BCUT2D eigenvalue weighted by atomic mass is 19.1. The van der Waals surface area contributed by atoms with E-state index in [1.54, 1.807) is 18.2 Å². The van der Waals surface area contributed by atoms with Crippen LogP contribution in [-0.4, -0.2) is 28.6 Å². The smallest absolute Gasteiger partial charge is 0.341 e. The fourth-order valence-corrected chi connectivity index (χ4v) is 1.57. The zero-order valence-electron chi connectivity index (χ0n) is 10.7. The molecule has 0 saturated heterocycles. The highest BCUT2D eigenvalue weighted by Gasteiger charge is 2.11. The van der Waals surface area contributed by atoms with E-state index in [0.29, 0.717) is 5.69 Å². The maximum absolute atomic E-state index is 13.4. The second-order valence-electron chi connectivity index (χ2n) is 4.02. The number of amides is 1. The van der Waals surface area contributed by atoms with Crippen LogP contribution < -0.4 is 10.1 Å². The van der Waals surface area contributed by atoms with Gasteiger partial charge in [0.15, 0.2) is 12.4 Å². The van der Waals surface area contributed by atoms with E-state index in [4.69, 9.17) is 9.84 Å². The summed E-state index contributed by atoms with van der Waals surface area (Å²) >= 11 is 0. The van der Waals surface area contributed by atoms with Crippen LogP contribution in [0.5, 0.6) is 5.75 Å². The molecule has 0 unspecified atom stereocenters. The predicted molar refractivity (Wildman–Crippen MR) is 71.7 cm³/mol. The molecule has 0 fully saturated rings. The second kappa shape index (κ2) is 6.47. The Balaban J connectivity index is 2.09. The molecule has 0 aliphatic heterocycles. The van der Waals surface area contributed by atoms with Gasteiger partial charge >= 0.3 is 5.97 Å². The lowest BCUT2D eigenvalue weighted by Gasteiger charge is -2.08. The molecule has 2 aromatic rings. The number of rotatable bonds is 5. The molecule has 0 bridgehead atoms. The molecule has 0 aliphatic rings. The largest absolute Gasteiger partial charge is 0.482 e. The van der Waals surface area contributed by atoms with Crippen LogP contribution in [0, 0.1) is 5.82 Å². The topological polar surface area (TPSA) is 88.5 Å². The third kappa shape index (κ3) is 4.00. The van der Waals surface area contributed by atoms with Crippen LogP contribution in [0.4, 0.5) is 10.1 Å². The van der Waals surface area contributed by atoms with Gasteiger partial charge in [-0.1, -0.05) is 6.07 Å². The monoisotopic (exact) mass is 290 g/mol. The molecule has 108 valence electrons. The Bertz CT molecular complexity index is 676. The maximum Gasteiger partial charge on any atom is 0.341 e. The van der Waals surface area contributed by atoms with Gasteiger partial charge < -0.3 is 15.2 Å². The van der Waals surface area contributed by atoms with Crippen molar-refractivity contribution in [3.63, 3.8) is 0 Å². The van der Waals surface area contributed by atoms with Gasteiger partial charge in [-0.3, -0.25) is 9.78 Å². The molecular weight excluding hydrogens is 279 g/mol. The van der Waals surface area contributed by atoms with Gasteiger partial charge in [-0.05, 0) is 18.2 Å². The standard InChI is InChI=1S/C14H11FN2O4/c15-12-7-16-5-4-11(12)14(20)17-9-2-1-3-10(6-9)21-8-13(18)19/h1-7H,8H2,(H,17,20)(H,18,19). The zero-order chi connectivity index (χ0) is 15.2. The Labute approximate surface area is 119 Å². The number of hydrogen-bond donors (Lipinski definition) is 2. The third-order valence-electron chi connectivity index (χ3n) is 2.47. The molecule has 1 amide bonds. The summed E-state index contributed by atoms with van der Waals surface area (Å²) in [5.74, 6) is -2.19. The molecule has 0 aliphatic carbocycles. The summed E-state index contributed by atoms with van der Waals surface area (Å²) < 4.78 is 18.4. The van der Waals surface area contributed by atoms with Crippen LogP contribution in [0.2, 0.25) is 0 Å². The summed E-state index contributed by atoms with van der Waals surface area (Å²) in [6.07, 6.45) is 2.26. The number of nitrogens with one attached hydrogen (secondary N) is 1. The van der Waals surface area contributed by atoms with Crippen LogP contribution in [0.25, 0.3) is 0 Å². The van der Waals surface area contributed by atoms with Gasteiger partial charge in [0.25, 0.3) is 5.91 Å². The first-order chi connectivity index (χ1) is 10.1. The first-order valence-corrected chi connectivity index (χ1v) is 5.92. The van der Waals surface area contributed by atoms with Crippen LogP contribution in [-0.2, 0) is 4.79 Å². The molecule has 1 aromatic carbocycles. The number of anilines is 1. The van der Waals surface area contributed by atoms with Crippen molar-refractivity contribution < 1.29 is 23.8 Å². The van der Waals surface area contributed by atoms with Crippen molar-refractivity contribution in [1.82, 2.24) is 4.98 Å². The number of aromatic nitrogens is 1. The maximum atomic E-state index is 13.4. The Morgan fingerprint density at radius 2 is 2.14 bits per heavy atom. The molecule has 2 rings (SSSR count). The molecule has 21 heavy (non-hydrogen) atoms. The van der Waals surface area contributed by atoms with Crippen molar-refractivity contribution in [2.75, 3.05) is 11.9 Å². The van der Waals surface area contributed by atoms with Gasteiger partial charge in [0.1, 0.15) is 5.75 Å². The minimum absolute atomic E-state index is 0.137. The molecular formula is C14H11FN2O4. The summed E-state index contributed by atoms with van der Waals surface area (Å²) in [5, 5.41) is 11.0. The fraction of sp³-hybridized carbons (Fsp3) is 0.0714. The average Bonchev–Trinajstić information content (AvgIpc) is 2.46. The summed E-state index contributed by atoms with van der Waals surface area (Å²) in [6, 6.07) is 7.40. The number of aliphatic carboxylic acids is 1. The second-order valence-corrected chi connectivity index (χ2v) is 4.02.